The third kappa shape index (κ3) is 3.92. The van der Waals surface area contributed by atoms with Crippen molar-refractivity contribution in [3.05, 3.63) is 59.2 Å². The normalized spacial score (nSPS) is 12.5. The summed E-state index contributed by atoms with van der Waals surface area (Å²) in [5.74, 6) is 0. The lowest BCUT2D eigenvalue weighted by Crippen LogP contribution is -2.47. The minimum absolute atomic E-state index is 0.272. The van der Waals surface area contributed by atoms with Gasteiger partial charge in [0.1, 0.15) is 0 Å². The van der Waals surface area contributed by atoms with Crippen molar-refractivity contribution in [1.82, 2.24) is 9.97 Å². The number of nitrogens with zero attached hydrogens (tertiary/aromatic N) is 2. The SMILES string of the molecule is Cc1ccc(CC(O)(Cc2ccc(C)cn2)C(C)(C)C)nc1. The average molecular weight is 298 g/mol. The van der Waals surface area contributed by atoms with Gasteiger partial charge in [-0.15, -0.1) is 0 Å². The molecule has 0 spiro atoms. The largest absolute Gasteiger partial charge is 0.389 e. The van der Waals surface area contributed by atoms with Crippen LogP contribution in [0.1, 0.15) is 43.3 Å². The highest BCUT2D eigenvalue weighted by atomic mass is 16.3. The molecular formula is C19H26N2O. The lowest BCUT2D eigenvalue weighted by molar-refractivity contribution is -0.0583. The molecule has 0 radical (unpaired) electrons. The molecule has 2 aromatic heterocycles. The zero-order valence-corrected chi connectivity index (χ0v) is 14.2. The molecule has 0 atom stereocenters. The van der Waals surface area contributed by atoms with E-state index in [-0.39, 0.29) is 5.41 Å². The van der Waals surface area contributed by atoms with E-state index < -0.39 is 5.60 Å². The molecule has 0 aromatic carbocycles. The molecule has 1 N–H and O–H groups in total. The Kier molecular flexibility index (Phi) is 4.66. The Morgan fingerprint density at radius 3 is 1.50 bits per heavy atom. The van der Waals surface area contributed by atoms with Crippen molar-refractivity contribution < 1.29 is 5.11 Å². The first-order chi connectivity index (χ1) is 10.2. The molecule has 0 unspecified atom stereocenters. The average Bonchev–Trinajstić information content (AvgIpc) is 2.43. The molecule has 3 heteroatoms. The molecule has 0 bridgehead atoms. The molecular weight excluding hydrogens is 272 g/mol. The van der Waals surface area contributed by atoms with Crippen LogP contribution in [-0.4, -0.2) is 20.7 Å². The number of hydrogen-bond donors (Lipinski definition) is 1. The fourth-order valence-electron chi connectivity index (χ4n) is 2.40. The smallest absolute Gasteiger partial charge is 0.0806 e. The Bertz CT molecular complexity index is 562. The van der Waals surface area contributed by atoms with Gasteiger partial charge in [-0.05, 0) is 42.5 Å². The van der Waals surface area contributed by atoms with E-state index in [1.54, 1.807) is 0 Å². The van der Waals surface area contributed by atoms with Crippen LogP contribution in [0.2, 0.25) is 0 Å². The molecule has 0 amide bonds. The van der Waals surface area contributed by atoms with Crippen LogP contribution < -0.4 is 0 Å². The molecule has 3 nitrogen and oxygen atoms in total. The molecule has 0 saturated heterocycles. The number of aliphatic hydroxyl groups is 1. The minimum atomic E-state index is -0.891. The van der Waals surface area contributed by atoms with Crippen LogP contribution in [0.4, 0.5) is 0 Å². The maximum atomic E-state index is 11.3. The first-order valence-electron chi connectivity index (χ1n) is 7.75. The van der Waals surface area contributed by atoms with Crippen LogP contribution in [-0.2, 0) is 12.8 Å². The highest BCUT2D eigenvalue weighted by Gasteiger charge is 2.40. The summed E-state index contributed by atoms with van der Waals surface area (Å²) in [6.45, 7) is 10.2. The van der Waals surface area contributed by atoms with Gasteiger partial charge in [0, 0.05) is 36.6 Å². The summed E-state index contributed by atoms with van der Waals surface area (Å²) < 4.78 is 0. The predicted molar refractivity (Wildman–Crippen MR) is 89.8 cm³/mol. The van der Waals surface area contributed by atoms with Gasteiger partial charge in [-0.1, -0.05) is 32.9 Å². The Morgan fingerprint density at radius 2 is 1.23 bits per heavy atom. The monoisotopic (exact) mass is 298 g/mol. The van der Waals surface area contributed by atoms with Gasteiger partial charge in [0.05, 0.1) is 5.60 Å². The molecule has 22 heavy (non-hydrogen) atoms. The summed E-state index contributed by atoms with van der Waals surface area (Å²) in [7, 11) is 0. The second kappa shape index (κ2) is 6.17. The topological polar surface area (TPSA) is 46.0 Å². The predicted octanol–water partition coefficient (Wildman–Crippen LogP) is 3.66. The van der Waals surface area contributed by atoms with E-state index in [2.05, 4.69) is 30.7 Å². The maximum Gasteiger partial charge on any atom is 0.0806 e. The van der Waals surface area contributed by atoms with E-state index in [1.807, 2.05) is 50.5 Å². The lowest BCUT2D eigenvalue weighted by Gasteiger charge is -2.40. The van der Waals surface area contributed by atoms with Crippen molar-refractivity contribution in [1.29, 1.82) is 0 Å². The summed E-state index contributed by atoms with van der Waals surface area (Å²) in [5.41, 5.74) is 2.92. The van der Waals surface area contributed by atoms with Gasteiger partial charge < -0.3 is 5.11 Å². The van der Waals surface area contributed by atoms with Crippen LogP contribution >= 0.6 is 0 Å². The van der Waals surface area contributed by atoms with Crippen LogP contribution in [0.5, 0.6) is 0 Å². The number of hydrogen-bond acceptors (Lipinski definition) is 3. The van der Waals surface area contributed by atoms with Gasteiger partial charge in [0.2, 0.25) is 0 Å². The Labute approximate surface area is 133 Å². The first kappa shape index (κ1) is 16.6. The molecule has 0 fully saturated rings. The van der Waals surface area contributed by atoms with Crippen molar-refractivity contribution in [2.45, 2.75) is 53.1 Å². The van der Waals surface area contributed by atoms with Gasteiger partial charge in [-0.2, -0.15) is 0 Å². The molecule has 2 heterocycles. The molecule has 2 aromatic rings. The van der Waals surface area contributed by atoms with E-state index in [9.17, 15) is 5.11 Å². The second-order valence-electron chi connectivity index (χ2n) is 7.29. The van der Waals surface area contributed by atoms with E-state index >= 15 is 0 Å². The molecule has 0 aliphatic rings. The van der Waals surface area contributed by atoms with Crippen molar-refractivity contribution in [2.24, 2.45) is 5.41 Å². The lowest BCUT2D eigenvalue weighted by atomic mass is 9.71. The zero-order chi connectivity index (χ0) is 16.4. The first-order valence-corrected chi connectivity index (χ1v) is 7.75. The van der Waals surface area contributed by atoms with E-state index in [1.165, 1.54) is 0 Å². The summed E-state index contributed by atoms with van der Waals surface area (Å²) in [6, 6.07) is 8.06. The summed E-state index contributed by atoms with van der Waals surface area (Å²) in [4.78, 5) is 8.90. The Hall–Kier alpha value is -1.74. The molecule has 0 aliphatic carbocycles. The van der Waals surface area contributed by atoms with Crippen molar-refractivity contribution in [2.75, 3.05) is 0 Å². The maximum absolute atomic E-state index is 11.3. The van der Waals surface area contributed by atoms with E-state index in [0.717, 1.165) is 22.5 Å². The fourth-order valence-corrected chi connectivity index (χ4v) is 2.40. The summed E-state index contributed by atoms with van der Waals surface area (Å²) in [6.07, 6.45) is 4.74. The van der Waals surface area contributed by atoms with Gasteiger partial charge >= 0.3 is 0 Å². The van der Waals surface area contributed by atoms with Crippen LogP contribution in [0.3, 0.4) is 0 Å². The molecule has 118 valence electrons. The van der Waals surface area contributed by atoms with Gasteiger partial charge in [-0.25, -0.2) is 0 Å². The minimum Gasteiger partial charge on any atom is -0.389 e. The number of rotatable bonds is 4. The van der Waals surface area contributed by atoms with Gasteiger partial charge in [0.25, 0.3) is 0 Å². The molecule has 2 rings (SSSR count). The quantitative estimate of drug-likeness (QED) is 0.937. The Balaban J connectivity index is 2.27. The third-order valence-electron chi connectivity index (χ3n) is 4.29. The zero-order valence-electron chi connectivity index (χ0n) is 14.2. The number of aryl methyl sites for hydroxylation is 2. The van der Waals surface area contributed by atoms with E-state index in [4.69, 9.17) is 0 Å². The van der Waals surface area contributed by atoms with Crippen LogP contribution in [0.25, 0.3) is 0 Å². The molecule has 0 aliphatic heterocycles. The number of pyridine rings is 2. The standard InChI is InChI=1S/C19H26N2O/c1-14-6-8-16(20-12-14)10-19(22,18(3,4)5)11-17-9-7-15(2)13-21-17/h6-9,12-13,22H,10-11H2,1-5H3. The highest BCUT2D eigenvalue weighted by Crippen LogP contribution is 2.35. The Morgan fingerprint density at radius 1 is 0.818 bits per heavy atom. The van der Waals surface area contributed by atoms with Crippen molar-refractivity contribution >= 4 is 0 Å². The number of aromatic nitrogens is 2. The van der Waals surface area contributed by atoms with Crippen molar-refractivity contribution in [3.63, 3.8) is 0 Å². The van der Waals surface area contributed by atoms with Crippen LogP contribution in [0, 0.1) is 19.3 Å². The fraction of sp³-hybridized carbons (Fsp3) is 0.474. The molecule has 0 saturated carbocycles. The second-order valence-corrected chi connectivity index (χ2v) is 7.29. The van der Waals surface area contributed by atoms with Gasteiger partial charge in [0.15, 0.2) is 0 Å². The summed E-state index contributed by atoms with van der Waals surface area (Å²) >= 11 is 0. The third-order valence-corrected chi connectivity index (χ3v) is 4.29. The van der Waals surface area contributed by atoms with Crippen molar-refractivity contribution in [3.8, 4) is 0 Å². The highest BCUT2D eigenvalue weighted by molar-refractivity contribution is 5.19. The summed E-state index contributed by atoms with van der Waals surface area (Å²) in [5, 5.41) is 11.3. The van der Waals surface area contributed by atoms with E-state index in [0.29, 0.717) is 12.8 Å². The van der Waals surface area contributed by atoms with Gasteiger partial charge in [-0.3, -0.25) is 9.97 Å². The van der Waals surface area contributed by atoms with Crippen LogP contribution in [0.15, 0.2) is 36.7 Å².